The molecule has 0 radical (unpaired) electrons. The highest BCUT2D eigenvalue weighted by Gasteiger charge is 2.32. The number of fused-ring (bicyclic) bond motifs is 3. The molecule has 0 saturated carbocycles. The molecule has 104 valence electrons. The van der Waals surface area contributed by atoms with Crippen LogP contribution in [0, 0.1) is 11.6 Å². The number of sulfone groups is 1. The molecule has 20 heavy (non-hydrogen) atoms. The number of carboxylic acid groups (broad SMARTS) is 1. The topological polar surface area (TPSA) is 71.4 Å². The molecule has 3 rings (SSSR count). The van der Waals surface area contributed by atoms with Gasteiger partial charge in [0.05, 0.1) is 10.6 Å². The molecule has 0 bridgehead atoms. The van der Waals surface area contributed by atoms with Crippen molar-refractivity contribution in [2.75, 3.05) is 0 Å². The van der Waals surface area contributed by atoms with Crippen LogP contribution < -0.4 is 0 Å². The van der Waals surface area contributed by atoms with Crippen LogP contribution >= 0.6 is 11.3 Å². The van der Waals surface area contributed by atoms with Crippen LogP contribution in [0.5, 0.6) is 0 Å². The molecule has 2 aromatic rings. The van der Waals surface area contributed by atoms with Crippen molar-refractivity contribution in [1.82, 2.24) is 0 Å². The summed E-state index contributed by atoms with van der Waals surface area (Å²) in [7, 11) is -3.80. The van der Waals surface area contributed by atoms with Crippen molar-refractivity contribution in [3.8, 4) is 10.4 Å². The predicted octanol–water partition coefficient (Wildman–Crippen LogP) is 2.68. The van der Waals surface area contributed by atoms with Gasteiger partial charge < -0.3 is 5.11 Å². The normalized spacial score (nSPS) is 15.5. The van der Waals surface area contributed by atoms with Crippen LogP contribution in [0.3, 0.4) is 0 Å². The Morgan fingerprint density at radius 2 is 1.85 bits per heavy atom. The van der Waals surface area contributed by atoms with Gasteiger partial charge in [0.25, 0.3) is 0 Å². The number of thiophene rings is 1. The fourth-order valence-corrected chi connectivity index (χ4v) is 4.89. The van der Waals surface area contributed by atoms with Crippen molar-refractivity contribution < 1.29 is 27.1 Å². The standard InChI is InChI=1S/C12H6F2O4S2/c13-7-2-6-10(3-8(7)14)20(17,18)4-5-1-9(12(15)16)19-11(5)6/h1-3H,4H2,(H,15,16). The lowest BCUT2D eigenvalue weighted by molar-refractivity contribution is 0.0702. The Balaban J connectivity index is 2.36. The van der Waals surface area contributed by atoms with Gasteiger partial charge in [-0.25, -0.2) is 22.0 Å². The van der Waals surface area contributed by atoms with E-state index >= 15 is 0 Å². The number of rotatable bonds is 1. The molecule has 0 unspecified atom stereocenters. The maximum atomic E-state index is 13.3. The number of benzene rings is 1. The third kappa shape index (κ3) is 1.83. The van der Waals surface area contributed by atoms with Gasteiger partial charge in [-0.15, -0.1) is 11.3 Å². The van der Waals surface area contributed by atoms with Gasteiger partial charge in [0.15, 0.2) is 21.5 Å². The van der Waals surface area contributed by atoms with E-state index in [0.29, 0.717) is 16.5 Å². The van der Waals surface area contributed by atoms with Gasteiger partial charge in [-0.2, -0.15) is 0 Å². The summed E-state index contributed by atoms with van der Waals surface area (Å²) in [5, 5.41) is 8.94. The number of hydrogen-bond acceptors (Lipinski definition) is 4. The van der Waals surface area contributed by atoms with E-state index in [0.717, 1.165) is 17.4 Å². The molecule has 4 nitrogen and oxygen atoms in total. The van der Waals surface area contributed by atoms with Crippen molar-refractivity contribution in [3.63, 3.8) is 0 Å². The number of carbonyl (C=O) groups is 1. The minimum Gasteiger partial charge on any atom is -0.477 e. The molecule has 1 aromatic carbocycles. The zero-order chi connectivity index (χ0) is 14.7. The van der Waals surface area contributed by atoms with E-state index in [-0.39, 0.29) is 15.3 Å². The van der Waals surface area contributed by atoms with Crippen LogP contribution in [0.4, 0.5) is 8.78 Å². The first-order chi connectivity index (χ1) is 9.29. The van der Waals surface area contributed by atoms with Crippen molar-refractivity contribution in [3.05, 3.63) is 40.3 Å². The van der Waals surface area contributed by atoms with E-state index in [2.05, 4.69) is 0 Å². The molecule has 1 aliphatic rings. The molecular weight excluding hydrogens is 310 g/mol. The molecule has 0 atom stereocenters. The lowest BCUT2D eigenvalue weighted by Gasteiger charge is -2.16. The Bertz CT molecular complexity index is 853. The average molecular weight is 316 g/mol. The summed E-state index contributed by atoms with van der Waals surface area (Å²) < 4.78 is 50.7. The van der Waals surface area contributed by atoms with Crippen LogP contribution in [0.15, 0.2) is 23.1 Å². The zero-order valence-electron chi connectivity index (χ0n) is 9.68. The maximum absolute atomic E-state index is 13.3. The van der Waals surface area contributed by atoms with Gasteiger partial charge in [0.1, 0.15) is 4.88 Å². The quantitative estimate of drug-likeness (QED) is 0.821. The number of hydrogen-bond donors (Lipinski definition) is 1. The Kier molecular flexibility index (Phi) is 2.70. The smallest absolute Gasteiger partial charge is 0.345 e. The van der Waals surface area contributed by atoms with E-state index in [4.69, 9.17) is 5.11 Å². The minimum atomic E-state index is -3.80. The SMILES string of the molecule is O=C(O)c1cc2c(s1)-c1cc(F)c(F)cc1S(=O)(=O)C2. The summed E-state index contributed by atoms with van der Waals surface area (Å²) in [6.45, 7) is 0. The van der Waals surface area contributed by atoms with Gasteiger partial charge >= 0.3 is 5.97 Å². The molecule has 8 heteroatoms. The third-order valence-corrected chi connectivity index (χ3v) is 5.87. The molecule has 0 fully saturated rings. The van der Waals surface area contributed by atoms with E-state index in [1.165, 1.54) is 6.07 Å². The van der Waals surface area contributed by atoms with Crippen LogP contribution in [0.1, 0.15) is 15.2 Å². The highest BCUT2D eigenvalue weighted by molar-refractivity contribution is 7.91. The Morgan fingerprint density at radius 1 is 1.20 bits per heavy atom. The van der Waals surface area contributed by atoms with E-state index in [9.17, 15) is 22.0 Å². The molecule has 0 spiro atoms. The first kappa shape index (κ1) is 13.2. The predicted molar refractivity (Wildman–Crippen MR) is 67.5 cm³/mol. The molecule has 0 saturated heterocycles. The van der Waals surface area contributed by atoms with Crippen molar-refractivity contribution in [1.29, 1.82) is 0 Å². The maximum Gasteiger partial charge on any atom is 0.345 e. The number of halogens is 2. The highest BCUT2D eigenvalue weighted by atomic mass is 32.2. The first-order valence-electron chi connectivity index (χ1n) is 5.38. The third-order valence-electron chi connectivity index (χ3n) is 2.97. The second-order valence-electron chi connectivity index (χ2n) is 4.29. The van der Waals surface area contributed by atoms with Crippen LogP contribution in [-0.4, -0.2) is 19.5 Å². The van der Waals surface area contributed by atoms with E-state index in [1.54, 1.807) is 0 Å². The average Bonchev–Trinajstić information content (AvgIpc) is 2.75. The molecule has 0 aliphatic carbocycles. The highest BCUT2D eigenvalue weighted by Crippen LogP contribution is 2.43. The Hall–Kier alpha value is -1.80. The lowest BCUT2D eigenvalue weighted by Crippen LogP contribution is -2.12. The van der Waals surface area contributed by atoms with Crippen LogP contribution in [0.25, 0.3) is 10.4 Å². The second kappa shape index (κ2) is 4.10. The van der Waals surface area contributed by atoms with E-state index < -0.39 is 33.2 Å². The minimum absolute atomic E-state index is 0.0163. The summed E-state index contributed by atoms with van der Waals surface area (Å²) >= 11 is 0.848. The molecule has 1 N–H and O–H groups in total. The number of carboxylic acids is 1. The van der Waals surface area contributed by atoms with Gasteiger partial charge in [0, 0.05) is 10.4 Å². The van der Waals surface area contributed by atoms with Crippen molar-refractivity contribution in [2.45, 2.75) is 10.6 Å². The van der Waals surface area contributed by atoms with Gasteiger partial charge in [-0.1, -0.05) is 0 Å². The molecular formula is C12H6F2O4S2. The molecule has 2 heterocycles. The summed E-state index contributed by atoms with van der Waals surface area (Å²) in [6.07, 6.45) is 0. The monoisotopic (exact) mass is 316 g/mol. The molecule has 0 amide bonds. The fourth-order valence-electron chi connectivity index (χ4n) is 2.12. The largest absolute Gasteiger partial charge is 0.477 e. The Labute approximate surface area is 116 Å². The molecule has 1 aliphatic heterocycles. The van der Waals surface area contributed by atoms with Crippen LogP contribution in [-0.2, 0) is 15.6 Å². The van der Waals surface area contributed by atoms with Gasteiger partial charge in [0.2, 0.25) is 0 Å². The van der Waals surface area contributed by atoms with E-state index in [1.807, 2.05) is 0 Å². The second-order valence-corrected chi connectivity index (χ2v) is 7.30. The van der Waals surface area contributed by atoms with Gasteiger partial charge in [-0.3, -0.25) is 0 Å². The zero-order valence-corrected chi connectivity index (χ0v) is 11.3. The summed E-state index contributed by atoms with van der Waals surface area (Å²) in [6, 6.07) is 2.69. The summed E-state index contributed by atoms with van der Waals surface area (Å²) in [4.78, 5) is 11.0. The summed E-state index contributed by atoms with van der Waals surface area (Å²) in [5.74, 6) is -4.02. The first-order valence-corrected chi connectivity index (χ1v) is 7.84. The van der Waals surface area contributed by atoms with Crippen molar-refractivity contribution in [2.24, 2.45) is 0 Å². The van der Waals surface area contributed by atoms with Crippen molar-refractivity contribution >= 4 is 27.1 Å². The number of aromatic carboxylic acids is 1. The summed E-state index contributed by atoms with van der Waals surface area (Å²) in [5.41, 5.74) is 0.313. The fraction of sp³-hybridized carbons (Fsp3) is 0.0833. The van der Waals surface area contributed by atoms with Gasteiger partial charge in [-0.05, 0) is 23.8 Å². The Morgan fingerprint density at radius 3 is 2.50 bits per heavy atom. The van der Waals surface area contributed by atoms with Crippen LogP contribution in [0.2, 0.25) is 0 Å². The lowest BCUT2D eigenvalue weighted by atomic mass is 10.1. The molecule has 1 aromatic heterocycles.